The highest BCUT2D eigenvalue weighted by Gasteiger charge is 2.16. The van der Waals surface area contributed by atoms with E-state index < -0.39 is 5.97 Å². The van der Waals surface area contributed by atoms with E-state index in [1.807, 2.05) is 6.92 Å². The quantitative estimate of drug-likeness (QED) is 0.921. The Morgan fingerprint density at radius 3 is 2.84 bits per heavy atom. The lowest BCUT2D eigenvalue weighted by atomic mass is 10.0. The van der Waals surface area contributed by atoms with E-state index in [4.69, 9.17) is 5.11 Å². The number of halogens is 1. The average molecular weight is 262 g/mol. The largest absolute Gasteiger partial charge is 0.481 e. The van der Waals surface area contributed by atoms with Crippen LogP contribution in [0.1, 0.15) is 17.8 Å². The van der Waals surface area contributed by atoms with Crippen molar-refractivity contribution in [1.29, 1.82) is 0 Å². The summed E-state index contributed by atoms with van der Waals surface area (Å²) in [5.74, 6) is -1.17. The van der Waals surface area contributed by atoms with Crippen LogP contribution in [0.3, 0.4) is 0 Å². The molecule has 1 aromatic heterocycles. The molecule has 0 radical (unpaired) electrons. The van der Waals surface area contributed by atoms with Crippen molar-refractivity contribution in [2.45, 2.75) is 19.8 Å². The van der Waals surface area contributed by atoms with Crippen molar-refractivity contribution in [3.63, 3.8) is 0 Å². The zero-order chi connectivity index (χ0) is 14.0. The topological polar surface area (TPSA) is 55.1 Å². The van der Waals surface area contributed by atoms with E-state index in [9.17, 15) is 9.18 Å². The Balaban J connectivity index is 2.47. The third-order valence-electron chi connectivity index (χ3n) is 3.03. The van der Waals surface area contributed by atoms with Gasteiger partial charge in [-0.25, -0.2) is 4.39 Å². The van der Waals surface area contributed by atoms with E-state index in [0.717, 1.165) is 22.5 Å². The molecule has 1 heterocycles. The van der Waals surface area contributed by atoms with Gasteiger partial charge < -0.3 is 5.11 Å². The van der Waals surface area contributed by atoms with Crippen LogP contribution >= 0.6 is 0 Å². The second kappa shape index (κ2) is 5.22. The summed E-state index contributed by atoms with van der Waals surface area (Å²) in [5.41, 5.74) is 3.13. The summed E-state index contributed by atoms with van der Waals surface area (Å²) in [6, 6.07) is 6.26. The number of nitrogens with zero attached hydrogens (tertiary/aromatic N) is 2. The lowest BCUT2D eigenvalue weighted by molar-refractivity contribution is -0.136. The van der Waals surface area contributed by atoms with Gasteiger partial charge in [-0.15, -0.1) is 0 Å². The summed E-state index contributed by atoms with van der Waals surface area (Å²) >= 11 is 0. The van der Waals surface area contributed by atoms with E-state index >= 15 is 0 Å². The van der Waals surface area contributed by atoms with Gasteiger partial charge in [0.2, 0.25) is 0 Å². The molecule has 0 unspecified atom stereocenters. The smallest absolute Gasteiger partial charge is 0.303 e. The summed E-state index contributed by atoms with van der Waals surface area (Å²) in [5, 5.41) is 13.1. The van der Waals surface area contributed by atoms with Crippen molar-refractivity contribution < 1.29 is 14.3 Å². The molecule has 2 aromatic rings. The molecule has 0 aliphatic carbocycles. The van der Waals surface area contributed by atoms with Crippen molar-refractivity contribution in [3.8, 4) is 11.1 Å². The summed E-state index contributed by atoms with van der Waals surface area (Å²) in [6.07, 6.45) is 0.403. The number of carbonyl (C=O) groups is 1. The molecule has 100 valence electrons. The monoisotopic (exact) mass is 262 g/mol. The van der Waals surface area contributed by atoms with Gasteiger partial charge in [0.1, 0.15) is 5.82 Å². The summed E-state index contributed by atoms with van der Waals surface area (Å²) in [6.45, 7) is 1.84. The Morgan fingerprint density at radius 1 is 1.47 bits per heavy atom. The Morgan fingerprint density at radius 2 is 2.21 bits per heavy atom. The van der Waals surface area contributed by atoms with Gasteiger partial charge in [0.15, 0.2) is 0 Å². The van der Waals surface area contributed by atoms with E-state index in [2.05, 4.69) is 5.10 Å². The SMILES string of the molecule is Cc1nn(C)c(CCC(=O)O)c1-c1cccc(F)c1. The zero-order valence-electron chi connectivity index (χ0n) is 10.9. The molecule has 0 saturated heterocycles. The highest BCUT2D eigenvalue weighted by atomic mass is 19.1. The maximum atomic E-state index is 13.3. The van der Waals surface area contributed by atoms with Crippen LogP contribution < -0.4 is 0 Å². The molecule has 1 aromatic carbocycles. The predicted molar refractivity (Wildman–Crippen MR) is 69.3 cm³/mol. The second-order valence-corrected chi connectivity index (χ2v) is 4.43. The normalized spacial score (nSPS) is 10.7. The summed E-state index contributed by atoms with van der Waals surface area (Å²) in [7, 11) is 1.77. The first-order chi connectivity index (χ1) is 8.99. The van der Waals surface area contributed by atoms with Gasteiger partial charge >= 0.3 is 5.97 Å². The average Bonchev–Trinajstić information content (AvgIpc) is 2.61. The first-order valence-electron chi connectivity index (χ1n) is 5.99. The zero-order valence-corrected chi connectivity index (χ0v) is 10.9. The molecule has 0 amide bonds. The van der Waals surface area contributed by atoms with Gasteiger partial charge in [-0.2, -0.15) is 5.10 Å². The van der Waals surface area contributed by atoms with Crippen molar-refractivity contribution in [2.75, 3.05) is 0 Å². The van der Waals surface area contributed by atoms with Gasteiger partial charge in [0, 0.05) is 24.7 Å². The van der Waals surface area contributed by atoms with Gasteiger partial charge in [-0.1, -0.05) is 12.1 Å². The van der Waals surface area contributed by atoms with E-state index in [1.165, 1.54) is 12.1 Å². The molecule has 2 rings (SSSR count). The maximum absolute atomic E-state index is 13.3. The Kier molecular flexibility index (Phi) is 3.64. The Labute approximate surface area is 110 Å². The fourth-order valence-electron chi connectivity index (χ4n) is 2.24. The third-order valence-corrected chi connectivity index (χ3v) is 3.03. The molecule has 19 heavy (non-hydrogen) atoms. The van der Waals surface area contributed by atoms with Crippen LogP contribution in [0, 0.1) is 12.7 Å². The van der Waals surface area contributed by atoms with Crippen LogP contribution in [0.5, 0.6) is 0 Å². The van der Waals surface area contributed by atoms with Crippen LogP contribution in [-0.2, 0) is 18.3 Å². The molecule has 4 nitrogen and oxygen atoms in total. The molecule has 0 aliphatic rings. The number of rotatable bonds is 4. The molecule has 0 bridgehead atoms. The lowest BCUT2D eigenvalue weighted by Crippen LogP contribution is -2.04. The number of hydrogen-bond donors (Lipinski definition) is 1. The van der Waals surface area contributed by atoms with Gasteiger partial charge in [0.05, 0.1) is 12.1 Å². The van der Waals surface area contributed by atoms with Crippen LogP contribution in [0.25, 0.3) is 11.1 Å². The van der Waals surface area contributed by atoms with Gasteiger partial charge in [0.25, 0.3) is 0 Å². The van der Waals surface area contributed by atoms with E-state index in [-0.39, 0.29) is 12.2 Å². The van der Waals surface area contributed by atoms with Crippen molar-refractivity contribution >= 4 is 5.97 Å². The van der Waals surface area contributed by atoms with Crippen LogP contribution in [0.15, 0.2) is 24.3 Å². The summed E-state index contributed by atoms with van der Waals surface area (Å²) in [4.78, 5) is 10.7. The minimum atomic E-state index is -0.857. The molecule has 0 saturated carbocycles. The number of hydrogen-bond acceptors (Lipinski definition) is 2. The molecule has 1 N–H and O–H groups in total. The van der Waals surface area contributed by atoms with E-state index in [1.54, 1.807) is 23.9 Å². The van der Waals surface area contributed by atoms with E-state index in [0.29, 0.717) is 6.42 Å². The first-order valence-corrected chi connectivity index (χ1v) is 5.99. The van der Waals surface area contributed by atoms with Crippen LogP contribution in [0.2, 0.25) is 0 Å². The fraction of sp³-hybridized carbons (Fsp3) is 0.286. The third kappa shape index (κ3) is 2.81. The van der Waals surface area contributed by atoms with Crippen molar-refractivity contribution in [3.05, 3.63) is 41.5 Å². The molecule has 0 fully saturated rings. The minimum absolute atomic E-state index is 0.0291. The minimum Gasteiger partial charge on any atom is -0.481 e. The molecule has 0 atom stereocenters. The predicted octanol–water partition coefficient (Wildman–Crippen LogP) is 2.55. The first kappa shape index (κ1) is 13.3. The fourth-order valence-corrected chi connectivity index (χ4v) is 2.24. The van der Waals surface area contributed by atoms with Crippen LogP contribution in [0.4, 0.5) is 4.39 Å². The van der Waals surface area contributed by atoms with Gasteiger partial charge in [-0.05, 0) is 24.6 Å². The Hall–Kier alpha value is -2.17. The molecular formula is C14H15FN2O2. The highest BCUT2D eigenvalue weighted by Crippen LogP contribution is 2.28. The molecule has 0 spiro atoms. The van der Waals surface area contributed by atoms with Crippen molar-refractivity contribution in [1.82, 2.24) is 9.78 Å². The number of aryl methyl sites for hydroxylation is 2. The Bertz CT molecular complexity index is 620. The molecule has 5 heteroatoms. The molecular weight excluding hydrogens is 247 g/mol. The maximum Gasteiger partial charge on any atom is 0.303 e. The van der Waals surface area contributed by atoms with Crippen LogP contribution in [-0.4, -0.2) is 20.9 Å². The van der Waals surface area contributed by atoms with Gasteiger partial charge in [-0.3, -0.25) is 9.48 Å². The standard InChI is InChI=1S/C14H15FN2O2/c1-9-14(10-4-3-5-11(15)8-10)12(17(2)16-9)6-7-13(18)19/h3-5,8H,6-7H2,1-2H3,(H,18,19). The molecule has 0 aliphatic heterocycles. The number of carboxylic acids is 1. The number of aromatic nitrogens is 2. The van der Waals surface area contributed by atoms with Crippen molar-refractivity contribution in [2.24, 2.45) is 7.05 Å². The second-order valence-electron chi connectivity index (χ2n) is 4.43. The number of carboxylic acid groups (broad SMARTS) is 1. The number of aliphatic carboxylic acids is 1. The highest BCUT2D eigenvalue weighted by molar-refractivity contribution is 5.71. The number of benzene rings is 1. The summed E-state index contributed by atoms with van der Waals surface area (Å²) < 4.78 is 15.0. The lowest BCUT2D eigenvalue weighted by Gasteiger charge is -2.06.